The van der Waals surface area contributed by atoms with Crippen LogP contribution in [0.15, 0.2) is 171 Å². The predicted molar refractivity (Wildman–Crippen MR) is 202 cm³/mol. The third kappa shape index (κ3) is 3.73. The average molecular weight is 627 g/mol. The fourth-order valence-corrected chi connectivity index (χ4v) is 8.05. The highest BCUT2D eigenvalue weighted by atomic mass is 16.3. The van der Waals surface area contributed by atoms with E-state index in [0.717, 1.165) is 77.1 Å². The van der Waals surface area contributed by atoms with Crippen molar-refractivity contribution in [2.75, 3.05) is 0 Å². The molecule has 228 valence electrons. The minimum Gasteiger partial charge on any atom is -0.464 e. The van der Waals surface area contributed by atoms with Crippen LogP contribution in [0.1, 0.15) is 0 Å². The van der Waals surface area contributed by atoms with E-state index >= 15 is 0 Å². The zero-order chi connectivity index (χ0) is 32.1. The maximum absolute atomic E-state index is 6.62. The number of para-hydroxylation sites is 2. The lowest BCUT2D eigenvalue weighted by Crippen LogP contribution is -1.91. The van der Waals surface area contributed by atoms with Crippen LogP contribution >= 0.6 is 0 Å². The summed E-state index contributed by atoms with van der Waals surface area (Å²) in [5.74, 6) is 0. The molecule has 0 saturated carbocycles. The lowest BCUT2D eigenvalue weighted by Gasteiger charge is -2.17. The minimum atomic E-state index is 0.849. The third-order valence-corrected chi connectivity index (χ3v) is 10.2. The van der Waals surface area contributed by atoms with E-state index < -0.39 is 0 Å². The summed E-state index contributed by atoms with van der Waals surface area (Å²) in [4.78, 5) is 0. The van der Waals surface area contributed by atoms with Crippen molar-refractivity contribution in [1.82, 2.24) is 0 Å². The van der Waals surface area contributed by atoms with Crippen molar-refractivity contribution in [3.05, 3.63) is 158 Å². The van der Waals surface area contributed by atoms with E-state index in [9.17, 15) is 0 Å². The first-order valence-electron chi connectivity index (χ1n) is 16.6. The van der Waals surface area contributed by atoms with Crippen molar-refractivity contribution in [2.45, 2.75) is 0 Å². The summed E-state index contributed by atoms with van der Waals surface area (Å²) < 4.78 is 19.3. The van der Waals surface area contributed by atoms with Gasteiger partial charge in [0.1, 0.15) is 27.9 Å². The first-order chi connectivity index (χ1) is 24.3. The molecule has 11 aromatic rings. The molecule has 0 spiro atoms. The predicted octanol–water partition coefficient (Wildman–Crippen LogP) is 13.5. The van der Waals surface area contributed by atoms with Crippen molar-refractivity contribution in [3.8, 4) is 33.4 Å². The second kappa shape index (κ2) is 9.96. The monoisotopic (exact) mass is 626 g/mol. The number of benzene rings is 8. The normalized spacial score (nSPS) is 12.1. The molecule has 8 aromatic carbocycles. The SMILES string of the molecule is c1ccc(-c2coc3ccc4oc5cc(-c6c7ccccc7c(-c7cccc8c7oc7ccccc78)c7ccccc67)ccc5c4c23)cc1. The van der Waals surface area contributed by atoms with Gasteiger partial charge in [0, 0.05) is 43.6 Å². The highest BCUT2D eigenvalue weighted by Gasteiger charge is 2.22. The minimum absolute atomic E-state index is 0.849. The molecule has 3 nitrogen and oxygen atoms in total. The molecule has 11 rings (SSSR count). The Bertz CT molecular complexity index is 3040. The quantitative estimate of drug-likeness (QED) is 0.183. The summed E-state index contributed by atoms with van der Waals surface area (Å²) in [5.41, 5.74) is 11.1. The van der Waals surface area contributed by atoms with Crippen molar-refractivity contribution >= 4 is 76.4 Å². The maximum Gasteiger partial charge on any atom is 0.143 e. The van der Waals surface area contributed by atoms with Crippen LogP contribution in [0.5, 0.6) is 0 Å². The van der Waals surface area contributed by atoms with Crippen molar-refractivity contribution < 1.29 is 13.3 Å². The third-order valence-electron chi connectivity index (χ3n) is 10.2. The van der Waals surface area contributed by atoms with E-state index in [1.54, 1.807) is 0 Å². The molecule has 3 heteroatoms. The van der Waals surface area contributed by atoms with Crippen LogP contribution in [0.2, 0.25) is 0 Å². The molecule has 0 atom stereocenters. The van der Waals surface area contributed by atoms with Gasteiger partial charge in [-0.3, -0.25) is 0 Å². The van der Waals surface area contributed by atoms with Gasteiger partial charge in [-0.05, 0) is 68.6 Å². The summed E-state index contributed by atoms with van der Waals surface area (Å²) in [6, 6.07) is 53.4. The number of hydrogen-bond donors (Lipinski definition) is 0. The van der Waals surface area contributed by atoms with Crippen LogP contribution in [-0.2, 0) is 0 Å². The molecule has 0 bridgehead atoms. The summed E-state index contributed by atoms with van der Waals surface area (Å²) in [6.07, 6.45) is 1.86. The first-order valence-corrected chi connectivity index (χ1v) is 16.6. The Morgan fingerprint density at radius 1 is 0.327 bits per heavy atom. The molecule has 3 aromatic heterocycles. The van der Waals surface area contributed by atoms with E-state index in [-0.39, 0.29) is 0 Å². The largest absolute Gasteiger partial charge is 0.464 e. The Kier molecular flexibility index (Phi) is 5.38. The summed E-state index contributed by atoms with van der Waals surface area (Å²) in [5, 5.41) is 10.2. The summed E-state index contributed by atoms with van der Waals surface area (Å²) in [6.45, 7) is 0. The number of rotatable bonds is 3. The Balaban J connectivity index is 1.19. The van der Waals surface area contributed by atoms with Crippen LogP contribution in [0, 0.1) is 0 Å². The van der Waals surface area contributed by atoms with Crippen LogP contribution in [0.3, 0.4) is 0 Å². The molecule has 0 aliphatic rings. The molecule has 0 amide bonds. The maximum atomic E-state index is 6.62. The number of furan rings is 3. The Morgan fingerprint density at radius 2 is 0.980 bits per heavy atom. The van der Waals surface area contributed by atoms with E-state index in [2.05, 4.69) is 121 Å². The van der Waals surface area contributed by atoms with Crippen molar-refractivity contribution in [2.24, 2.45) is 0 Å². The first kappa shape index (κ1) is 26.5. The van der Waals surface area contributed by atoms with Gasteiger partial charge in [-0.1, -0.05) is 121 Å². The van der Waals surface area contributed by atoms with Crippen molar-refractivity contribution in [3.63, 3.8) is 0 Å². The molecule has 0 aliphatic carbocycles. The van der Waals surface area contributed by atoms with E-state index in [1.165, 1.54) is 32.7 Å². The Labute approximate surface area is 280 Å². The standard InChI is InChI=1S/C46H26O3/c1-2-11-27(12-3-1)37-26-47-39-23-24-40-44(45(37)39)35-22-21-28(25-41(35)48-40)42-30-14-4-6-16-32(30)43(33-17-7-5-15-31(33)42)36-19-10-18-34-29-13-8-9-20-38(29)49-46(34)36/h1-26H. The van der Waals surface area contributed by atoms with Crippen molar-refractivity contribution in [1.29, 1.82) is 0 Å². The lowest BCUT2D eigenvalue weighted by molar-refractivity contribution is 0.616. The summed E-state index contributed by atoms with van der Waals surface area (Å²) >= 11 is 0. The molecule has 0 unspecified atom stereocenters. The molecule has 3 heterocycles. The van der Waals surface area contributed by atoms with Gasteiger partial charge in [-0.15, -0.1) is 0 Å². The van der Waals surface area contributed by atoms with Crippen LogP contribution < -0.4 is 0 Å². The smallest absolute Gasteiger partial charge is 0.143 e. The second-order valence-corrected chi connectivity index (χ2v) is 12.8. The molecule has 0 fully saturated rings. The van der Waals surface area contributed by atoms with E-state index in [4.69, 9.17) is 13.3 Å². The fourth-order valence-electron chi connectivity index (χ4n) is 8.05. The molecule has 0 N–H and O–H groups in total. The molecule has 49 heavy (non-hydrogen) atoms. The highest BCUT2D eigenvalue weighted by molar-refractivity contribution is 6.26. The lowest BCUT2D eigenvalue weighted by atomic mass is 9.85. The average Bonchev–Trinajstić information content (AvgIpc) is 3.87. The van der Waals surface area contributed by atoms with Gasteiger partial charge >= 0.3 is 0 Å². The zero-order valence-electron chi connectivity index (χ0n) is 26.2. The molecule has 0 aliphatic heterocycles. The van der Waals surface area contributed by atoms with E-state index in [0.29, 0.717) is 0 Å². The van der Waals surface area contributed by atoms with Crippen LogP contribution in [0.25, 0.3) is 110 Å². The number of fused-ring (bicyclic) bond motifs is 10. The van der Waals surface area contributed by atoms with Gasteiger partial charge in [-0.25, -0.2) is 0 Å². The Morgan fingerprint density at radius 3 is 1.76 bits per heavy atom. The van der Waals surface area contributed by atoms with Gasteiger partial charge in [0.2, 0.25) is 0 Å². The van der Waals surface area contributed by atoms with Gasteiger partial charge in [-0.2, -0.15) is 0 Å². The van der Waals surface area contributed by atoms with Crippen LogP contribution in [-0.4, -0.2) is 0 Å². The van der Waals surface area contributed by atoms with Gasteiger partial charge in [0.25, 0.3) is 0 Å². The fraction of sp³-hybridized carbons (Fsp3) is 0. The molecule has 0 radical (unpaired) electrons. The van der Waals surface area contributed by atoms with Crippen LogP contribution in [0.4, 0.5) is 0 Å². The van der Waals surface area contributed by atoms with E-state index in [1.807, 2.05) is 36.6 Å². The number of hydrogen-bond acceptors (Lipinski definition) is 3. The Hall–Kier alpha value is -6.58. The topological polar surface area (TPSA) is 39.4 Å². The molecule has 0 saturated heterocycles. The molecular weight excluding hydrogens is 601 g/mol. The van der Waals surface area contributed by atoms with Gasteiger partial charge in [0.15, 0.2) is 0 Å². The highest BCUT2D eigenvalue weighted by Crippen LogP contribution is 2.48. The molecular formula is C46H26O3. The van der Waals surface area contributed by atoms with Gasteiger partial charge < -0.3 is 13.3 Å². The zero-order valence-corrected chi connectivity index (χ0v) is 26.2. The second-order valence-electron chi connectivity index (χ2n) is 12.8. The summed E-state index contributed by atoms with van der Waals surface area (Å²) in [7, 11) is 0. The van der Waals surface area contributed by atoms with Gasteiger partial charge in [0.05, 0.1) is 6.26 Å².